The molecule has 5 aromatic rings. The van der Waals surface area contributed by atoms with Gasteiger partial charge in [-0.1, -0.05) is 30.3 Å². The van der Waals surface area contributed by atoms with Crippen molar-refractivity contribution in [2.75, 3.05) is 0 Å². The molecular formula is C24H18N4O3S. The number of fused-ring (bicyclic) bond motifs is 2. The van der Waals surface area contributed by atoms with Crippen molar-refractivity contribution in [2.24, 2.45) is 0 Å². The van der Waals surface area contributed by atoms with Crippen LogP contribution in [0.15, 0.2) is 95.4 Å². The zero-order valence-electron chi connectivity index (χ0n) is 16.9. The molecule has 0 bridgehead atoms. The number of ketones is 1. The summed E-state index contributed by atoms with van der Waals surface area (Å²) in [6.07, 6.45) is 8.78. The van der Waals surface area contributed by atoms with Gasteiger partial charge in [-0.25, -0.2) is 18.4 Å². The minimum Gasteiger partial charge on any atom is -0.294 e. The number of hydrogen-bond acceptors (Lipinski definition) is 6. The van der Waals surface area contributed by atoms with E-state index in [2.05, 4.69) is 15.0 Å². The van der Waals surface area contributed by atoms with Crippen LogP contribution >= 0.6 is 0 Å². The summed E-state index contributed by atoms with van der Waals surface area (Å²) in [7, 11) is -3.68. The largest absolute Gasteiger partial charge is 0.294 e. The van der Waals surface area contributed by atoms with Gasteiger partial charge < -0.3 is 0 Å². The average molecular weight is 443 g/mol. The van der Waals surface area contributed by atoms with Crippen molar-refractivity contribution in [3.05, 3.63) is 96.7 Å². The van der Waals surface area contributed by atoms with Gasteiger partial charge in [-0.15, -0.1) is 0 Å². The summed E-state index contributed by atoms with van der Waals surface area (Å²) in [5.74, 6) is 0.506. The van der Waals surface area contributed by atoms with E-state index in [0.29, 0.717) is 24.2 Å². The van der Waals surface area contributed by atoms with Gasteiger partial charge in [0, 0.05) is 42.8 Å². The third-order valence-electron chi connectivity index (χ3n) is 5.32. The Morgan fingerprint density at radius 2 is 1.72 bits per heavy atom. The molecule has 0 atom stereocenters. The molecule has 0 spiro atoms. The van der Waals surface area contributed by atoms with E-state index in [1.165, 1.54) is 12.4 Å². The van der Waals surface area contributed by atoms with Crippen LogP contribution in [0.3, 0.4) is 0 Å². The summed E-state index contributed by atoms with van der Waals surface area (Å²) >= 11 is 0. The third kappa shape index (κ3) is 3.76. The number of benzene rings is 2. The molecule has 2 aromatic carbocycles. The Hall–Kier alpha value is -3.91. The second kappa shape index (κ2) is 7.97. The van der Waals surface area contributed by atoms with E-state index in [1.54, 1.807) is 53.3 Å². The summed E-state index contributed by atoms with van der Waals surface area (Å²) in [4.78, 5) is 25.4. The maximum atomic E-state index is 13.0. The van der Waals surface area contributed by atoms with Crippen LogP contribution in [0.4, 0.5) is 0 Å². The summed E-state index contributed by atoms with van der Waals surface area (Å²) in [5, 5.41) is 0.770. The molecule has 8 heteroatoms. The van der Waals surface area contributed by atoms with Gasteiger partial charge in [-0.05, 0) is 36.2 Å². The van der Waals surface area contributed by atoms with Crippen LogP contribution in [0, 0.1) is 0 Å². The number of aromatic nitrogens is 4. The second-order valence-corrected chi connectivity index (χ2v) is 9.36. The van der Waals surface area contributed by atoms with Crippen LogP contribution in [-0.2, 0) is 16.3 Å². The molecule has 3 heterocycles. The van der Waals surface area contributed by atoms with Crippen molar-refractivity contribution in [3.63, 3.8) is 0 Å². The lowest BCUT2D eigenvalue weighted by Gasteiger charge is -2.07. The smallest absolute Gasteiger partial charge is 0.233 e. The Balaban J connectivity index is 1.31. The van der Waals surface area contributed by atoms with Crippen molar-refractivity contribution in [3.8, 4) is 0 Å². The lowest BCUT2D eigenvalue weighted by molar-refractivity contribution is 0.0982. The van der Waals surface area contributed by atoms with E-state index in [1.807, 2.05) is 24.3 Å². The molecule has 0 radical (unpaired) electrons. The highest BCUT2D eigenvalue weighted by atomic mass is 32.2. The predicted octanol–water partition coefficient (Wildman–Crippen LogP) is 3.93. The van der Waals surface area contributed by atoms with Gasteiger partial charge in [0.25, 0.3) is 0 Å². The third-order valence-corrected chi connectivity index (χ3v) is 7.05. The first kappa shape index (κ1) is 20.0. The maximum absolute atomic E-state index is 13.0. The number of carbonyl (C=O) groups excluding carboxylic acids is 1. The van der Waals surface area contributed by atoms with Crippen LogP contribution in [0.5, 0.6) is 0 Å². The number of rotatable bonds is 6. The van der Waals surface area contributed by atoms with E-state index in [0.717, 1.165) is 16.5 Å². The minimum absolute atomic E-state index is 0.0352. The SMILES string of the molecule is O=C(CCc1ccc(S(=O)(=O)c2cnc3ccccc3c2)cc1)c1cnc2nccn2c1. The highest BCUT2D eigenvalue weighted by Crippen LogP contribution is 2.24. The van der Waals surface area contributed by atoms with Crippen molar-refractivity contribution in [1.82, 2.24) is 19.4 Å². The number of sulfone groups is 1. The topological polar surface area (TPSA) is 94.3 Å². The van der Waals surface area contributed by atoms with Crippen molar-refractivity contribution >= 4 is 32.3 Å². The van der Waals surface area contributed by atoms with Gasteiger partial charge in [-0.3, -0.25) is 14.2 Å². The molecule has 0 saturated heterocycles. The first-order chi connectivity index (χ1) is 15.5. The highest BCUT2D eigenvalue weighted by molar-refractivity contribution is 7.91. The van der Waals surface area contributed by atoms with E-state index < -0.39 is 9.84 Å². The Morgan fingerprint density at radius 1 is 0.906 bits per heavy atom. The molecule has 0 aliphatic heterocycles. The molecule has 5 rings (SSSR count). The number of carbonyl (C=O) groups is 1. The maximum Gasteiger partial charge on any atom is 0.233 e. The van der Waals surface area contributed by atoms with Crippen LogP contribution in [0.2, 0.25) is 0 Å². The van der Waals surface area contributed by atoms with E-state index in [4.69, 9.17) is 0 Å². The zero-order chi connectivity index (χ0) is 22.1. The Labute approximate surface area is 184 Å². The molecule has 0 amide bonds. The molecule has 0 N–H and O–H groups in total. The lowest BCUT2D eigenvalue weighted by Crippen LogP contribution is -2.05. The fourth-order valence-corrected chi connectivity index (χ4v) is 4.77. The molecule has 3 aromatic heterocycles. The normalized spacial score (nSPS) is 11.8. The molecule has 32 heavy (non-hydrogen) atoms. The van der Waals surface area contributed by atoms with Crippen molar-refractivity contribution in [2.45, 2.75) is 22.6 Å². The predicted molar refractivity (Wildman–Crippen MR) is 119 cm³/mol. The van der Waals surface area contributed by atoms with Gasteiger partial charge >= 0.3 is 0 Å². The Kier molecular flexibility index (Phi) is 4.99. The number of imidazole rings is 1. The van der Waals surface area contributed by atoms with E-state index in [-0.39, 0.29) is 15.6 Å². The van der Waals surface area contributed by atoms with Crippen LogP contribution in [0.1, 0.15) is 22.3 Å². The zero-order valence-corrected chi connectivity index (χ0v) is 17.7. The molecule has 158 valence electrons. The van der Waals surface area contributed by atoms with Crippen molar-refractivity contribution < 1.29 is 13.2 Å². The number of Topliss-reactive ketones (excluding diaryl/α,β-unsaturated/α-hetero) is 1. The molecule has 0 unspecified atom stereocenters. The Morgan fingerprint density at radius 3 is 2.56 bits per heavy atom. The monoisotopic (exact) mass is 442 g/mol. The van der Waals surface area contributed by atoms with Crippen LogP contribution in [0.25, 0.3) is 16.7 Å². The average Bonchev–Trinajstić information content (AvgIpc) is 3.30. The summed E-state index contributed by atoms with van der Waals surface area (Å²) in [6.45, 7) is 0. The molecule has 0 saturated carbocycles. The molecule has 7 nitrogen and oxygen atoms in total. The first-order valence-corrected chi connectivity index (χ1v) is 11.5. The minimum atomic E-state index is -3.68. The summed E-state index contributed by atoms with van der Waals surface area (Å²) in [6, 6.07) is 15.6. The number of para-hydroxylation sites is 1. The fourth-order valence-electron chi connectivity index (χ4n) is 3.53. The number of aryl methyl sites for hydroxylation is 1. The van der Waals surface area contributed by atoms with Crippen molar-refractivity contribution in [1.29, 1.82) is 0 Å². The van der Waals surface area contributed by atoms with Gasteiger partial charge in [0.1, 0.15) is 0 Å². The van der Waals surface area contributed by atoms with Crippen LogP contribution < -0.4 is 0 Å². The van der Waals surface area contributed by atoms with Gasteiger partial charge in [0.15, 0.2) is 5.78 Å². The van der Waals surface area contributed by atoms with E-state index in [9.17, 15) is 13.2 Å². The van der Waals surface area contributed by atoms with Gasteiger partial charge in [-0.2, -0.15) is 0 Å². The molecule has 0 fully saturated rings. The summed E-state index contributed by atoms with van der Waals surface area (Å²) in [5.41, 5.74) is 2.14. The lowest BCUT2D eigenvalue weighted by atomic mass is 10.0. The Bertz CT molecular complexity index is 1560. The molecule has 0 aliphatic carbocycles. The quantitative estimate of drug-likeness (QED) is 0.370. The highest BCUT2D eigenvalue weighted by Gasteiger charge is 2.18. The standard InChI is InChI=1S/C24H18N4O3S/c29-23(19-14-27-24-25-11-12-28(24)16-19)10-7-17-5-8-20(9-6-17)32(30,31)21-13-18-3-1-2-4-22(18)26-15-21/h1-6,8-9,11-16H,7,10H2. The number of nitrogens with zero attached hydrogens (tertiary/aromatic N) is 4. The second-order valence-electron chi connectivity index (χ2n) is 7.41. The molecule has 0 aliphatic rings. The van der Waals surface area contributed by atoms with Gasteiger partial charge in [0.2, 0.25) is 15.6 Å². The van der Waals surface area contributed by atoms with E-state index >= 15 is 0 Å². The molecular weight excluding hydrogens is 424 g/mol. The van der Waals surface area contributed by atoms with Crippen LogP contribution in [-0.4, -0.2) is 33.6 Å². The number of pyridine rings is 1. The van der Waals surface area contributed by atoms with Gasteiger partial charge in [0.05, 0.1) is 20.9 Å². The number of hydrogen-bond donors (Lipinski definition) is 0. The summed E-state index contributed by atoms with van der Waals surface area (Å²) < 4.78 is 27.7. The first-order valence-electron chi connectivity index (χ1n) is 10.0. The fraction of sp³-hybridized carbons (Fsp3) is 0.0833.